The topological polar surface area (TPSA) is 80.8 Å². The highest BCUT2D eigenvalue weighted by molar-refractivity contribution is 7.91. The van der Waals surface area contributed by atoms with Crippen molar-refractivity contribution in [2.45, 2.75) is 39.3 Å². The van der Waals surface area contributed by atoms with Gasteiger partial charge in [0.1, 0.15) is 6.04 Å². The molecule has 0 spiro atoms. The molecule has 0 aromatic heterocycles. The average molecular weight is 291 g/mol. The van der Waals surface area contributed by atoms with E-state index in [1.165, 1.54) is 12.0 Å². The zero-order valence-electron chi connectivity index (χ0n) is 11.8. The van der Waals surface area contributed by atoms with E-state index in [1.54, 1.807) is 20.8 Å². The number of methoxy groups -OCH3 is 1. The first-order valence-corrected chi connectivity index (χ1v) is 8.12. The van der Waals surface area contributed by atoms with Gasteiger partial charge in [0.25, 0.3) is 0 Å². The number of carbonyl (C=O) groups excluding carboxylic acids is 2. The van der Waals surface area contributed by atoms with Crippen molar-refractivity contribution in [3.05, 3.63) is 0 Å². The van der Waals surface area contributed by atoms with Gasteiger partial charge in [-0.2, -0.15) is 0 Å². The molecule has 0 N–H and O–H groups in total. The van der Waals surface area contributed by atoms with Gasteiger partial charge in [-0.1, -0.05) is 13.8 Å². The molecule has 1 fully saturated rings. The summed E-state index contributed by atoms with van der Waals surface area (Å²) in [5, 5.41) is 0. The SMILES string of the molecule is COC(=O)C(C)N(C(=O)C(C)C)C1CCS(=O)(=O)C1. The molecule has 0 aliphatic carbocycles. The van der Waals surface area contributed by atoms with Gasteiger partial charge >= 0.3 is 5.97 Å². The maximum Gasteiger partial charge on any atom is 0.328 e. The van der Waals surface area contributed by atoms with Crippen LogP contribution in [0.1, 0.15) is 27.2 Å². The number of nitrogens with zero attached hydrogens (tertiary/aromatic N) is 1. The van der Waals surface area contributed by atoms with Crippen molar-refractivity contribution in [2.75, 3.05) is 18.6 Å². The molecule has 2 unspecified atom stereocenters. The number of ether oxygens (including phenoxy) is 1. The minimum absolute atomic E-state index is 0.0629. The third kappa shape index (κ3) is 3.68. The van der Waals surface area contributed by atoms with E-state index in [2.05, 4.69) is 4.74 Å². The first kappa shape index (κ1) is 15.9. The number of rotatable bonds is 4. The molecule has 1 rings (SSSR count). The Hall–Kier alpha value is -1.11. The van der Waals surface area contributed by atoms with Crippen molar-refractivity contribution in [1.29, 1.82) is 0 Å². The molecule has 7 heteroatoms. The maximum absolute atomic E-state index is 12.2. The normalized spacial score (nSPS) is 23.1. The Morgan fingerprint density at radius 2 is 1.84 bits per heavy atom. The lowest BCUT2D eigenvalue weighted by Crippen LogP contribution is -2.51. The number of sulfone groups is 1. The zero-order valence-corrected chi connectivity index (χ0v) is 12.6. The second-order valence-corrected chi connectivity index (χ2v) is 7.38. The number of hydrogen-bond donors (Lipinski definition) is 0. The molecule has 0 aromatic rings. The largest absolute Gasteiger partial charge is 0.467 e. The van der Waals surface area contributed by atoms with Gasteiger partial charge < -0.3 is 9.64 Å². The Balaban J connectivity index is 3.00. The highest BCUT2D eigenvalue weighted by Gasteiger charge is 2.39. The van der Waals surface area contributed by atoms with Crippen LogP contribution >= 0.6 is 0 Å². The summed E-state index contributed by atoms with van der Waals surface area (Å²) in [5.41, 5.74) is 0. The standard InChI is InChI=1S/C12H21NO5S/c1-8(2)11(14)13(9(3)12(15)18-4)10-5-6-19(16,17)7-10/h8-10H,5-7H2,1-4H3. The van der Waals surface area contributed by atoms with Gasteiger partial charge in [-0.15, -0.1) is 0 Å². The second-order valence-electron chi connectivity index (χ2n) is 5.16. The molecule has 0 aromatic carbocycles. The Kier molecular flexibility index (Phi) is 4.95. The summed E-state index contributed by atoms with van der Waals surface area (Å²) < 4.78 is 27.7. The van der Waals surface area contributed by atoms with Gasteiger partial charge in [-0.3, -0.25) is 4.79 Å². The highest BCUT2D eigenvalue weighted by Crippen LogP contribution is 2.22. The van der Waals surface area contributed by atoms with Crippen molar-refractivity contribution in [3.63, 3.8) is 0 Å². The Morgan fingerprint density at radius 3 is 2.21 bits per heavy atom. The summed E-state index contributed by atoms with van der Waals surface area (Å²) in [4.78, 5) is 25.2. The van der Waals surface area contributed by atoms with Crippen LogP contribution in [0.2, 0.25) is 0 Å². The molecule has 2 atom stereocenters. The quantitative estimate of drug-likeness (QED) is 0.692. The van der Waals surface area contributed by atoms with E-state index in [4.69, 9.17) is 0 Å². The van der Waals surface area contributed by atoms with Crippen LogP contribution in [0, 0.1) is 5.92 Å². The van der Waals surface area contributed by atoms with Crippen LogP contribution < -0.4 is 0 Å². The zero-order chi connectivity index (χ0) is 14.8. The molecule has 1 saturated heterocycles. The van der Waals surface area contributed by atoms with E-state index in [0.29, 0.717) is 6.42 Å². The van der Waals surface area contributed by atoms with Crippen LogP contribution in [0.5, 0.6) is 0 Å². The smallest absolute Gasteiger partial charge is 0.328 e. The Labute approximate surface area is 114 Å². The molecule has 1 aliphatic heterocycles. The lowest BCUT2D eigenvalue weighted by atomic mass is 10.1. The first-order chi connectivity index (χ1) is 8.69. The lowest BCUT2D eigenvalue weighted by molar-refractivity contribution is -0.155. The van der Waals surface area contributed by atoms with Crippen LogP contribution in [-0.2, 0) is 24.2 Å². The Bertz CT molecular complexity index is 457. The number of hydrogen-bond acceptors (Lipinski definition) is 5. The van der Waals surface area contributed by atoms with Crippen molar-refractivity contribution in [3.8, 4) is 0 Å². The minimum atomic E-state index is -3.11. The lowest BCUT2D eigenvalue weighted by Gasteiger charge is -2.33. The van der Waals surface area contributed by atoms with Crippen molar-refractivity contribution >= 4 is 21.7 Å². The van der Waals surface area contributed by atoms with E-state index in [9.17, 15) is 18.0 Å². The van der Waals surface area contributed by atoms with Crippen LogP contribution in [0.4, 0.5) is 0 Å². The summed E-state index contributed by atoms with van der Waals surface area (Å²) in [5.74, 6) is -1.06. The van der Waals surface area contributed by atoms with Gasteiger partial charge in [0.15, 0.2) is 9.84 Å². The summed E-state index contributed by atoms with van der Waals surface area (Å²) in [7, 11) is -1.86. The van der Waals surface area contributed by atoms with E-state index < -0.39 is 27.9 Å². The van der Waals surface area contributed by atoms with Crippen molar-refractivity contribution in [1.82, 2.24) is 4.90 Å². The van der Waals surface area contributed by atoms with Gasteiger partial charge in [0, 0.05) is 12.0 Å². The fourth-order valence-electron chi connectivity index (χ4n) is 2.26. The molecule has 6 nitrogen and oxygen atoms in total. The predicted octanol–water partition coefficient (Wildman–Crippen LogP) is 0.220. The van der Waals surface area contributed by atoms with Crippen LogP contribution in [0.3, 0.4) is 0 Å². The van der Waals surface area contributed by atoms with Crippen LogP contribution in [0.25, 0.3) is 0 Å². The third-order valence-electron chi connectivity index (χ3n) is 3.31. The molecule has 1 aliphatic rings. The summed E-state index contributed by atoms with van der Waals surface area (Å²) in [6.45, 7) is 5.02. The highest BCUT2D eigenvalue weighted by atomic mass is 32.2. The van der Waals surface area contributed by atoms with Crippen molar-refractivity contribution in [2.24, 2.45) is 5.92 Å². The van der Waals surface area contributed by atoms with Gasteiger partial charge in [0.05, 0.1) is 18.6 Å². The molecule has 110 valence electrons. The number of amides is 1. The molecular weight excluding hydrogens is 270 g/mol. The molecule has 19 heavy (non-hydrogen) atoms. The first-order valence-electron chi connectivity index (χ1n) is 6.30. The molecule has 0 saturated carbocycles. The van der Waals surface area contributed by atoms with Crippen molar-refractivity contribution < 1.29 is 22.7 Å². The van der Waals surface area contributed by atoms with Crippen LogP contribution in [0.15, 0.2) is 0 Å². The summed E-state index contributed by atoms with van der Waals surface area (Å²) in [6.07, 6.45) is 0.377. The second kappa shape index (κ2) is 5.90. The predicted molar refractivity (Wildman–Crippen MR) is 70.2 cm³/mol. The fourth-order valence-corrected chi connectivity index (χ4v) is 3.98. The number of esters is 1. The Morgan fingerprint density at radius 1 is 1.26 bits per heavy atom. The van der Waals surface area contributed by atoms with E-state index in [-0.39, 0.29) is 23.3 Å². The fraction of sp³-hybridized carbons (Fsp3) is 0.833. The van der Waals surface area contributed by atoms with E-state index >= 15 is 0 Å². The van der Waals surface area contributed by atoms with E-state index in [0.717, 1.165) is 0 Å². The molecule has 0 bridgehead atoms. The van der Waals surface area contributed by atoms with Gasteiger partial charge in [0.2, 0.25) is 5.91 Å². The average Bonchev–Trinajstić information content (AvgIpc) is 2.68. The molecule has 1 amide bonds. The molecule has 0 radical (unpaired) electrons. The summed E-state index contributed by atoms with van der Waals surface area (Å²) >= 11 is 0. The maximum atomic E-state index is 12.2. The molecular formula is C12H21NO5S. The van der Waals surface area contributed by atoms with E-state index in [1.807, 2.05) is 0 Å². The van der Waals surface area contributed by atoms with Gasteiger partial charge in [-0.05, 0) is 13.3 Å². The number of carbonyl (C=O) groups is 2. The van der Waals surface area contributed by atoms with Gasteiger partial charge in [-0.25, -0.2) is 13.2 Å². The monoisotopic (exact) mass is 291 g/mol. The van der Waals surface area contributed by atoms with Crippen LogP contribution in [-0.4, -0.2) is 55.9 Å². The summed E-state index contributed by atoms with van der Waals surface area (Å²) in [6, 6.07) is -1.20. The minimum Gasteiger partial charge on any atom is -0.467 e. The molecule has 1 heterocycles. The third-order valence-corrected chi connectivity index (χ3v) is 5.06.